The highest BCUT2D eigenvalue weighted by atomic mass is 32.2. The molecule has 0 saturated carbocycles. The number of hydrogen-bond donors (Lipinski definition) is 1. The normalized spacial score (nSPS) is 16.1. The third kappa shape index (κ3) is 5.14. The molecular formula is C18H22N4O3S2. The van der Waals surface area contributed by atoms with E-state index in [1.54, 1.807) is 30.3 Å². The van der Waals surface area contributed by atoms with Crippen LogP contribution in [0.1, 0.15) is 36.8 Å². The third-order valence-electron chi connectivity index (χ3n) is 4.15. The second-order valence-corrected chi connectivity index (χ2v) is 9.34. The van der Waals surface area contributed by atoms with E-state index in [-0.39, 0.29) is 11.7 Å². The van der Waals surface area contributed by atoms with Gasteiger partial charge in [-0.05, 0) is 36.6 Å². The fourth-order valence-corrected chi connectivity index (χ4v) is 5.08. The minimum Gasteiger partial charge on any atom is -0.297 e. The first kappa shape index (κ1) is 19.5. The molecule has 1 aromatic heterocycles. The molecule has 0 unspecified atom stereocenters. The Morgan fingerprint density at radius 1 is 1.30 bits per heavy atom. The number of benzene rings is 1. The Morgan fingerprint density at radius 2 is 2.07 bits per heavy atom. The molecule has 27 heavy (non-hydrogen) atoms. The third-order valence-corrected chi connectivity index (χ3v) is 6.92. The number of aromatic nitrogens is 2. The maximum Gasteiger partial charge on any atom is 0.250 e. The van der Waals surface area contributed by atoms with Gasteiger partial charge >= 0.3 is 0 Å². The van der Waals surface area contributed by atoms with Crippen molar-refractivity contribution < 1.29 is 13.2 Å². The summed E-state index contributed by atoms with van der Waals surface area (Å²) in [6, 6.07) is 7.10. The first-order chi connectivity index (χ1) is 13.0. The zero-order valence-corrected chi connectivity index (χ0v) is 16.7. The molecule has 0 radical (unpaired) electrons. The zero-order chi connectivity index (χ0) is 19.3. The molecule has 9 heteroatoms. The lowest BCUT2D eigenvalue weighted by atomic mass is 10.2. The largest absolute Gasteiger partial charge is 0.297 e. The Labute approximate surface area is 163 Å². The van der Waals surface area contributed by atoms with E-state index in [0.29, 0.717) is 23.8 Å². The van der Waals surface area contributed by atoms with Crippen LogP contribution in [-0.2, 0) is 21.2 Å². The number of nitrogens with one attached hydrogen (secondary N) is 1. The first-order valence-corrected chi connectivity index (χ1v) is 11.3. The Kier molecular flexibility index (Phi) is 6.22. The molecule has 7 nitrogen and oxygen atoms in total. The van der Waals surface area contributed by atoms with E-state index in [4.69, 9.17) is 0 Å². The smallest absolute Gasteiger partial charge is 0.250 e. The van der Waals surface area contributed by atoms with Crippen LogP contribution in [0.3, 0.4) is 0 Å². The van der Waals surface area contributed by atoms with Crippen molar-refractivity contribution in [2.75, 3.05) is 21.9 Å². The molecule has 0 spiro atoms. The maximum absolute atomic E-state index is 12.0. The summed E-state index contributed by atoms with van der Waals surface area (Å²) in [6.07, 6.45) is 6.77. The summed E-state index contributed by atoms with van der Waals surface area (Å²) >= 11 is 1.39. The van der Waals surface area contributed by atoms with Gasteiger partial charge in [-0.25, -0.2) is 8.42 Å². The molecular weight excluding hydrogens is 384 g/mol. The van der Waals surface area contributed by atoms with E-state index in [1.807, 2.05) is 0 Å². The highest BCUT2D eigenvalue weighted by Gasteiger charge is 2.28. The number of amides is 1. The van der Waals surface area contributed by atoms with Gasteiger partial charge in [-0.1, -0.05) is 36.8 Å². The maximum atomic E-state index is 12.0. The Morgan fingerprint density at radius 3 is 2.74 bits per heavy atom. The quantitative estimate of drug-likeness (QED) is 0.714. The van der Waals surface area contributed by atoms with E-state index >= 15 is 0 Å². The molecule has 3 rings (SSSR count). The van der Waals surface area contributed by atoms with Crippen molar-refractivity contribution in [3.05, 3.63) is 40.9 Å². The van der Waals surface area contributed by atoms with E-state index in [2.05, 4.69) is 22.4 Å². The number of rotatable bonds is 7. The van der Waals surface area contributed by atoms with Gasteiger partial charge in [0.15, 0.2) is 0 Å². The summed E-state index contributed by atoms with van der Waals surface area (Å²) in [5.74, 6) is -0.0833. The molecule has 0 atom stereocenters. The van der Waals surface area contributed by atoms with Crippen LogP contribution >= 0.6 is 11.3 Å². The van der Waals surface area contributed by atoms with E-state index in [9.17, 15) is 13.2 Å². The molecule has 2 heterocycles. The van der Waals surface area contributed by atoms with E-state index in [1.165, 1.54) is 21.7 Å². The van der Waals surface area contributed by atoms with Crippen LogP contribution in [0.15, 0.2) is 30.3 Å². The van der Waals surface area contributed by atoms with E-state index in [0.717, 1.165) is 29.8 Å². The van der Waals surface area contributed by atoms with Gasteiger partial charge in [0.05, 0.1) is 11.4 Å². The molecule has 144 valence electrons. The van der Waals surface area contributed by atoms with Crippen molar-refractivity contribution in [2.24, 2.45) is 0 Å². The lowest BCUT2D eigenvalue weighted by Gasteiger charge is -2.16. The van der Waals surface area contributed by atoms with Crippen LogP contribution in [0.4, 0.5) is 10.8 Å². The van der Waals surface area contributed by atoms with Crippen molar-refractivity contribution >= 4 is 44.2 Å². The van der Waals surface area contributed by atoms with Gasteiger partial charge in [0.1, 0.15) is 5.01 Å². The number of sulfonamides is 1. The average Bonchev–Trinajstić information content (AvgIpc) is 3.24. The molecule has 0 bridgehead atoms. The van der Waals surface area contributed by atoms with Gasteiger partial charge in [0.2, 0.25) is 21.1 Å². The summed E-state index contributed by atoms with van der Waals surface area (Å²) < 4.78 is 25.3. The summed E-state index contributed by atoms with van der Waals surface area (Å²) in [5.41, 5.74) is 1.47. The Balaban J connectivity index is 1.57. The van der Waals surface area contributed by atoms with Gasteiger partial charge < -0.3 is 0 Å². The van der Waals surface area contributed by atoms with Crippen molar-refractivity contribution in [2.45, 2.75) is 32.6 Å². The first-order valence-electron chi connectivity index (χ1n) is 8.90. The summed E-state index contributed by atoms with van der Waals surface area (Å²) in [4.78, 5) is 12.0. The molecule has 1 N–H and O–H groups in total. The fraction of sp³-hybridized carbons (Fsp3) is 0.389. The lowest BCUT2D eigenvalue weighted by molar-refractivity contribution is -0.111. The van der Waals surface area contributed by atoms with Gasteiger partial charge in [-0.3, -0.25) is 14.4 Å². The lowest BCUT2D eigenvalue weighted by Crippen LogP contribution is -2.24. The topological polar surface area (TPSA) is 92.3 Å². The molecule has 1 fully saturated rings. The van der Waals surface area contributed by atoms with Crippen molar-refractivity contribution in [1.82, 2.24) is 10.2 Å². The predicted octanol–water partition coefficient (Wildman–Crippen LogP) is 3.07. The highest BCUT2D eigenvalue weighted by molar-refractivity contribution is 7.93. The standard InChI is InChI=1S/C18H22N4O3S2/c1-2-3-5-17-20-21-18(26-17)19-16(23)11-8-14-6-9-15(10-7-14)22-12-4-13-27(22,24)25/h6-11H,2-5,12-13H2,1H3,(H,19,21,23)/b11-8+. The SMILES string of the molecule is CCCCc1nnc(NC(=O)/C=C/c2ccc(N3CCCS3(=O)=O)cc2)s1. The van der Waals surface area contributed by atoms with Crippen molar-refractivity contribution in [3.8, 4) is 0 Å². The summed E-state index contributed by atoms with van der Waals surface area (Å²) in [5, 5.41) is 12.2. The average molecular weight is 407 g/mol. The number of carbonyl (C=O) groups excluding carboxylic acids is 1. The molecule has 2 aromatic rings. The van der Waals surface area contributed by atoms with Crippen LogP contribution in [0.25, 0.3) is 6.08 Å². The van der Waals surface area contributed by atoms with E-state index < -0.39 is 10.0 Å². The van der Waals surface area contributed by atoms with Crippen LogP contribution in [0.5, 0.6) is 0 Å². The molecule has 1 aromatic carbocycles. The number of hydrogen-bond acceptors (Lipinski definition) is 6. The summed E-state index contributed by atoms with van der Waals surface area (Å²) in [7, 11) is -3.18. The highest BCUT2D eigenvalue weighted by Crippen LogP contribution is 2.24. The second kappa shape index (κ2) is 8.62. The van der Waals surface area contributed by atoms with Gasteiger partial charge in [0, 0.05) is 19.0 Å². The summed E-state index contributed by atoms with van der Waals surface area (Å²) in [6.45, 7) is 2.63. The molecule has 1 saturated heterocycles. The predicted molar refractivity (Wildman–Crippen MR) is 108 cm³/mol. The fourth-order valence-electron chi connectivity index (χ4n) is 2.73. The number of nitrogens with zero attached hydrogens (tertiary/aromatic N) is 3. The Hall–Kier alpha value is -2.26. The second-order valence-electron chi connectivity index (χ2n) is 6.26. The van der Waals surface area contributed by atoms with Crippen molar-refractivity contribution in [3.63, 3.8) is 0 Å². The van der Waals surface area contributed by atoms with Crippen LogP contribution in [-0.4, -0.2) is 36.8 Å². The van der Waals surface area contributed by atoms with Crippen molar-refractivity contribution in [1.29, 1.82) is 0 Å². The zero-order valence-electron chi connectivity index (χ0n) is 15.1. The van der Waals surface area contributed by atoms with Crippen LogP contribution in [0, 0.1) is 0 Å². The molecule has 0 aliphatic carbocycles. The monoisotopic (exact) mass is 406 g/mol. The van der Waals surface area contributed by atoms with Gasteiger partial charge in [-0.15, -0.1) is 10.2 Å². The minimum atomic E-state index is -3.18. The minimum absolute atomic E-state index is 0.195. The van der Waals surface area contributed by atoms with Gasteiger partial charge in [0.25, 0.3) is 0 Å². The Bertz CT molecular complexity index is 920. The molecule has 1 amide bonds. The van der Waals surface area contributed by atoms with Crippen LogP contribution < -0.4 is 9.62 Å². The molecule has 1 aliphatic heterocycles. The number of unbranched alkanes of at least 4 members (excludes halogenated alkanes) is 1. The number of anilines is 2. The molecule has 1 aliphatic rings. The van der Waals surface area contributed by atoms with Crippen LogP contribution in [0.2, 0.25) is 0 Å². The number of carbonyl (C=O) groups is 1. The van der Waals surface area contributed by atoms with Gasteiger partial charge in [-0.2, -0.15) is 0 Å². The number of aryl methyl sites for hydroxylation is 1.